The highest BCUT2D eigenvalue weighted by atomic mass is 79.9. The highest BCUT2D eigenvalue weighted by Gasteiger charge is 2.12. The van der Waals surface area contributed by atoms with Crippen LogP contribution in [0.5, 0.6) is 11.5 Å². The van der Waals surface area contributed by atoms with Crippen molar-refractivity contribution in [3.8, 4) is 11.5 Å². The largest absolute Gasteiger partial charge is 0.457 e. The van der Waals surface area contributed by atoms with Crippen LogP contribution < -0.4 is 4.74 Å². The zero-order valence-corrected chi connectivity index (χ0v) is 13.6. The fraction of sp³-hybridized carbons (Fsp3) is 0.250. The molecule has 2 aromatic rings. The van der Waals surface area contributed by atoms with Crippen molar-refractivity contribution in [2.45, 2.75) is 25.6 Å². The molecule has 20 heavy (non-hydrogen) atoms. The van der Waals surface area contributed by atoms with Crippen LogP contribution in [0.1, 0.15) is 30.9 Å². The summed E-state index contributed by atoms with van der Waals surface area (Å²) in [6.07, 6.45) is 0. The van der Waals surface area contributed by atoms with Crippen molar-refractivity contribution in [1.29, 1.82) is 0 Å². The molecule has 0 heterocycles. The van der Waals surface area contributed by atoms with Gasteiger partial charge in [0.05, 0.1) is 5.88 Å². The van der Waals surface area contributed by atoms with E-state index in [2.05, 4.69) is 29.8 Å². The molecular formula is C16H15BrClFO. The van der Waals surface area contributed by atoms with E-state index in [0.717, 1.165) is 15.8 Å². The Morgan fingerprint density at radius 1 is 1.15 bits per heavy atom. The SMILES string of the molecule is CC(C)c1cc(Br)ccc1Oc1ccc(F)cc1CCl. The molecule has 0 radical (unpaired) electrons. The molecule has 4 heteroatoms. The second-order valence-electron chi connectivity index (χ2n) is 4.82. The highest BCUT2D eigenvalue weighted by Crippen LogP contribution is 2.34. The molecule has 0 unspecified atom stereocenters. The number of hydrogen-bond acceptors (Lipinski definition) is 1. The van der Waals surface area contributed by atoms with Crippen LogP contribution in [-0.4, -0.2) is 0 Å². The first-order valence-electron chi connectivity index (χ1n) is 6.33. The van der Waals surface area contributed by atoms with Crippen LogP contribution in [0, 0.1) is 5.82 Å². The monoisotopic (exact) mass is 356 g/mol. The van der Waals surface area contributed by atoms with E-state index in [-0.39, 0.29) is 11.7 Å². The lowest BCUT2D eigenvalue weighted by atomic mass is 10.0. The predicted octanol–water partition coefficient (Wildman–Crippen LogP) is 6.24. The van der Waals surface area contributed by atoms with Gasteiger partial charge in [-0.3, -0.25) is 0 Å². The second kappa shape index (κ2) is 6.59. The molecule has 0 N–H and O–H groups in total. The molecule has 0 amide bonds. The van der Waals surface area contributed by atoms with Gasteiger partial charge in [-0.2, -0.15) is 0 Å². The first kappa shape index (κ1) is 15.3. The van der Waals surface area contributed by atoms with E-state index in [1.807, 2.05) is 18.2 Å². The Labute approximate surface area is 131 Å². The Morgan fingerprint density at radius 3 is 2.50 bits per heavy atom. The predicted molar refractivity (Wildman–Crippen MR) is 84.3 cm³/mol. The van der Waals surface area contributed by atoms with Gasteiger partial charge in [0, 0.05) is 10.0 Å². The number of alkyl halides is 1. The van der Waals surface area contributed by atoms with Crippen LogP contribution in [-0.2, 0) is 5.88 Å². The van der Waals surface area contributed by atoms with Crippen LogP contribution in [0.3, 0.4) is 0 Å². The van der Waals surface area contributed by atoms with E-state index in [1.54, 1.807) is 6.07 Å². The van der Waals surface area contributed by atoms with Crippen LogP contribution >= 0.6 is 27.5 Å². The van der Waals surface area contributed by atoms with Crippen molar-refractivity contribution in [2.24, 2.45) is 0 Å². The Kier molecular flexibility index (Phi) is 5.06. The smallest absolute Gasteiger partial charge is 0.132 e. The minimum absolute atomic E-state index is 0.209. The summed E-state index contributed by atoms with van der Waals surface area (Å²) in [6, 6.07) is 10.2. The van der Waals surface area contributed by atoms with Crippen molar-refractivity contribution in [2.75, 3.05) is 0 Å². The molecule has 2 aromatic carbocycles. The third-order valence-corrected chi connectivity index (χ3v) is 3.76. The van der Waals surface area contributed by atoms with E-state index in [1.165, 1.54) is 12.1 Å². The number of ether oxygens (including phenoxy) is 1. The van der Waals surface area contributed by atoms with Gasteiger partial charge in [-0.25, -0.2) is 4.39 Å². The molecule has 106 valence electrons. The molecule has 0 bridgehead atoms. The van der Waals surface area contributed by atoms with Gasteiger partial charge in [-0.05, 0) is 47.9 Å². The molecule has 0 atom stereocenters. The topological polar surface area (TPSA) is 9.23 Å². The molecular weight excluding hydrogens is 343 g/mol. The minimum atomic E-state index is -0.312. The van der Waals surface area contributed by atoms with E-state index in [0.29, 0.717) is 17.2 Å². The maximum atomic E-state index is 13.2. The van der Waals surface area contributed by atoms with Crippen LogP contribution in [0.4, 0.5) is 4.39 Å². The third-order valence-electron chi connectivity index (χ3n) is 2.98. The van der Waals surface area contributed by atoms with E-state index in [9.17, 15) is 4.39 Å². The van der Waals surface area contributed by atoms with Crippen molar-refractivity contribution < 1.29 is 9.13 Å². The molecule has 1 nitrogen and oxygen atoms in total. The Bertz CT molecular complexity index is 613. The summed E-state index contributed by atoms with van der Waals surface area (Å²) in [4.78, 5) is 0. The van der Waals surface area contributed by atoms with Crippen LogP contribution in [0.15, 0.2) is 40.9 Å². The third kappa shape index (κ3) is 3.53. The van der Waals surface area contributed by atoms with Crippen molar-refractivity contribution >= 4 is 27.5 Å². The van der Waals surface area contributed by atoms with E-state index < -0.39 is 0 Å². The fourth-order valence-electron chi connectivity index (χ4n) is 1.93. The van der Waals surface area contributed by atoms with Gasteiger partial charge in [-0.1, -0.05) is 29.8 Å². The van der Waals surface area contributed by atoms with Crippen molar-refractivity contribution in [3.63, 3.8) is 0 Å². The normalized spacial score (nSPS) is 10.9. The number of halogens is 3. The minimum Gasteiger partial charge on any atom is -0.457 e. The summed E-state index contributed by atoms with van der Waals surface area (Å²) in [5, 5.41) is 0. The zero-order chi connectivity index (χ0) is 14.7. The second-order valence-corrected chi connectivity index (χ2v) is 6.01. The maximum absolute atomic E-state index is 13.2. The van der Waals surface area contributed by atoms with Gasteiger partial charge in [0.1, 0.15) is 17.3 Å². The summed E-state index contributed by atoms with van der Waals surface area (Å²) in [7, 11) is 0. The lowest BCUT2D eigenvalue weighted by Gasteiger charge is -2.16. The fourth-order valence-corrected chi connectivity index (χ4v) is 2.52. The quantitative estimate of drug-likeness (QED) is 0.588. The summed E-state index contributed by atoms with van der Waals surface area (Å²) >= 11 is 9.31. The molecule has 0 fully saturated rings. The standard InChI is InChI=1S/C16H15BrClFO/c1-10(2)14-8-12(17)3-5-16(14)20-15-6-4-13(19)7-11(15)9-18/h3-8,10H,9H2,1-2H3. The Hall–Kier alpha value is -1.06. The molecule has 0 aliphatic rings. The maximum Gasteiger partial charge on any atom is 0.132 e. The summed E-state index contributed by atoms with van der Waals surface area (Å²) in [5.74, 6) is 1.57. The molecule has 0 saturated carbocycles. The average Bonchev–Trinajstić information content (AvgIpc) is 2.42. The number of rotatable bonds is 4. The molecule has 0 aromatic heterocycles. The van der Waals surface area contributed by atoms with Gasteiger partial charge in [0.2, 0.25) is 0 Å². The zero-order valence-electron chi connectivity index (χ0n) is 11.3. The van der Waals surface area contributed by atoms with Crippen molar-refractivity contribution in [3.05, 3.63) is 57.8 Å². The van der Waals surface area contributed by atoms with E-state index >= 15 is 0 Å². The van der Waals surface area contributed by atoms with Crippen LogP contribution in [0.25, 0.3) is 0 Å². The van der Waals surface area contributed by atoms with Crippen LogP contribution in [0.2, 0.25) is 0 Å². The molecule has 0 aliphatic heterocycles. The Balaban J connectivity index is 2.39. The van der Waals surface area contributed by atoms with E-state index in [4.69, 9.17) is 16.3 Å². The van der Waals surface area contributed by atoms with Gasteiger partial charge >= 0.3 is 0 Å². The molecule has 0 aliphatic carbocycles. The summed E-state index contributed by atoms with van der Waals surface area (Å²) in [6.45, 7) is 4.20. The molecule has 0 spiro atoms. The van der Waals surface area contributed by atoms with Crippen molar-refractivity contribution in [1.82, 2.24) is 0 Å². The van der Waals surface area contributed by atoms with Gasteiger partial charge in [0.25, 0.3) is 0 Å². The van der Waals surface area contributed by atoms with Gasteiger partial charge in [0.15, 0.2) is 0 Å². The number of hydrogen-bond donors (Lipinski definition) is 0. The lowest BCUT2D eigenvalue weighted by Crippen LogP contribution is -1.96. The van der Waals surface area contributed by atoms with Gasteiger partial charge in [-0.15, -0.1) is 11.6 Å². The highest BCUT2D eigenvalue weighted by molar-refractivity contribution is 9.10. The lowest BCUT2D eigenvalue weighted by molar-refractivity contribution is 0.467. The number of benzene rings is 2. The molecule has 2 rings (SSSR count). The van der Waals surface area contributed by atoms with Gasteiger partial charge < -0.3 is 4.74 Å². The average molecular weight is 358 g/mol. The summed E-state index contributed by atoms with van der Waals surface area (Å²) in [5.41, 5.74) is 1.73. The first-order valence-corrected chi connectivity index (χ1v) is 7.65. The first-order chi connectivity index (χ1) is 9.51. The Morgan fingerprint density at radius 2 is 1.85 bits per heavy atom. The molecule has 0 saturated heterocycles. The summed E-state index contributed by atoms with van der Waals surface area (Å²) < 4.78 is 20.1.